The lowest BCUT2D eigenvalue weighted by atomic mass is 10.0. The highest BCUT2D eigenvalue weighted by atomic mass is 16.6. The molecule has 2 amide bonds. The van der Waals surface area contributed by atoms with Gasteiger partial charge in [0.15, 0.2) is 0 Å². The molecule has 29 heavy (non-hydrogen) atoms. The van der Waals surface area contributed by atoms with Crippen molar-refractivity contribution in [1.82, 2.24) is 5.32 Å². The molecule has 0 spiro atoms. The minimum atomic E-state index is -1.30. The Bertz CT molecular complexity index is 403. The molecule has 0 fully saturated rings. The Hall–Kier alpha value is -1.34. The van der Waals surface area contributed by atoms with Gasteiger partial charge in [-0.15, -0.1) is 0 Å². The van der Waals surface area contributed by atoms with Crippen LogP contribution >= 0.6 is 0 Å². The van der Waals surface area contributed by atoms with E-state index in [2.05, 4.69) is 12.2 Å². The number of methoxy groups -OCH3 is 1. The molecule has 2 unspecified atom stereocenters. The minimum absolute atomic E-state index is 0.462. The molecule has 0 aliphatic rings. The molecule has 4 N–H and O–H groups in total. The summed E-state index contributed by atoms with van der Waals surface area (Å²) in [5.41, 5.74) is 5.19. The van der Waals surface area contributed by atoms with Crippen LogP contribution in [0.25, 0.3) is 0 Å². The summed E-state index contributed by atoms with van der Waals surface area (Å²) in [6, 6.07) is 0. The number of nitrogens with one attached hydrogen (secondary N) is 1. The van der Waals surface area contributed by atoms with Gasteiger partial charge < -0.3 is 25.6 Å². The number of carbonyl (C=O) groups excluding carboxylic acids is 2. The van der Waals surface area contributed by atoms with Crippen LogP contribution in [-0.4, -0.2) is 49.6 Å². The number of aliphatic hydroxyl groups is 1. The van der Waals surface area contributed by atoms with E-state index in [0.29, 0.717) is 6.54 Å². The van der Waals surface area contributed by atoms with Gasteiger partial charge in [0.25, 0.3) is 5.91 Å². The highest BCUT2D eigenvalue weighted by Gasteiger charge is 2.29. The lowest BCUT2D eigenvalue weighted by molar-refractivity contribution is -0.135. The van der Waals surface area contributed by atoms with Crippen LogP contribution in [0, 0.1) is 0 Å². The number of unbranched alkanes of at least 4 members (excludes halogenated alkanes) is 13. The number of amides is 2. The maximum absolute atomic E-state index is 11.7. The Kier molecular flexibility index (Phi) is 19.0. The second kappa shape index (κ2) is 20.0. The molecule has 0 aliphatic heterocycles. The number of nitrogens with two attached hydrogens (primary N) is 1. The topological polar surface area (TPSA) is 111 Å². The summed E-state index contributed by atoms with van der Waals surface area (Å²) in [5.74, 6) is -0.849. The first-order chi connectivity index (χ1) is 14.1. The molecule has 0 aromatic rings. The van der Waals surface area contributed by atoms with Crippen molar-refractivity contribution in [3.63, 3.8) is 0 Å². The van der Waals surface area contributed by atoms with Crippen molar-refractivity contribution in [2.75, 3.05) is 20.3 Å². The summed E-state index contributed by atoms with van der Waals surface area (Å²) in [6.07, 6.45) is 14.9. The number of rotatable bonds is 20. The fourth-order valence-corrected chi connectivity index (χ4v) is 3.28. The fraction of sp³-hybridized carbons (Fsp3) is 0.909. The number of aliphatic hydroxyl groups excluding tert-OH is 1. The van der Waals surface area contributed by atoms with Gasteiger partial charge >= 0.3 is 6.09 Å². The molecular formula is C22H44N2O5. The van der Waals surface area contributed by atoms with Crippen LogP contribution in [0.1, 0.15) is 96.8 Å². The first kappa shape index (κ1) is 27.7. The number of alkyl carbamates (subject to hydrolysis) is 1. The van der Waals surface area contributed by atoms with E-state index >= 15 is 0 Å². The van der Waals surface area contributed by atoms with Crippen LogP contribution in [0.5, 0.6) is 0 Å². The molecule has 0 radical (unpaired) electrons. The maximum atomic E-state index is 11.7. The van der Waals surface area contributed by atoms with Crippen LogP contribution in [0.4, 0.5) is 4.79 Å². The number of hydrogen-bond donors (Lipinski definition) is 3. The normalized spacial score (nSPS) is 13.1. The predicted molar refractivity (Wildman–Crippen MR) is 116 cm³/mol. The van der Waals surface area contributed by atoms with E-state index in [9.17, 15) is 9.59 Å². The number of ether oxygens (including phenoxy) is 2. The monoisotopic (exact) mass is 416 g/mol. The third-order valence-corrected chi connectivity index (χ3v) is 5.13. The molecule has 0 aromatic heterocycles. The van der Waals surface area contributed by atoms with Crippen molar-refractivity contribution in [2.45, 2.75) is 109 Å². The van der Waals surface area contributed by atoms with Crippen molar-refractivity contribution in [1.29, 1.82) is 0 Å². The van der Waals surface area contributed by atoms with Gasteiger partial charge in [-0.05, 0) is 6.42 Å². The van der Waals surface area contributed by atoms with Crippen LogP contribution < -0.4 is 11.1 Å². The van der Waals surface area contributed by atoms with Crippen LogP contribution in [0.15, 0.2) is 0 Å². The van der Waals surface area contributed by atoms with Crippen LogP contribution in [0.3, 0.4) is 0 Å². The first-order valence-corrected chi connectivity index (χ1v) is 11.4. The minimum Gasteiger partial charge on any atom is -0.433 e. The van der Waals surface area contributed by atoms with Gasteiger partial charge in [0.2, 0.25) is 6.10 Å². The zero-order valence-electron chi connectivity index (χ0n) is 18.6. The zero-order valence-corrected chi connectivity index (χ0v) is 18.6. The summed E-state index contributed by atoms with van der Waals surface area (Å²) in [7, 11) is 1.31. The van der Waals surface area contributed by atoms with Crippen LogP contribution in [-0.2, 0) is 14.3 Å². The van der Waals surface area contributed by atoms with Gasteiger partial charge in [-0.3, -0.25) is 4.79 Å². The quantitative estimate of drug-likeness (QED) is 0.259. The Labute approximate surface area is 177 Å². The Morgan fingerprint density at radius 3 is 1.69 bits per heavy atom. The zero-order chi connectivity index (χ0) is 21.7. The average Bonchev–Trinajstić information content (AvgIpc) is 2.70. The van der Waals surface area contributed by atoms with E-state index in [1.807, 2.05) is 0 Å². The third kappa shape index (κ3) is 16.2. The van der Waals surface area contributed by atoms with Gasteiger partial charge in [0.1, 0.15) is 6.10 Å². The summed E-state index contributed by atoms with van der Waals surface area (Å²) in [6.45, 7) is 2.28. The first-order valence-electron chi connectivity index (χ1n) is 11.4. The van der Waals surface area contributed by atoms with E-state index in [-0.39, 0.29) is 0 Å². The van der Waals surface area contributed by atoms with Gasteiger partial charge in [-0.2, -0.15) is 0 Å². The van der Waals surface area contributed by atoms with E-state index in [0.717, 1.165) is 19.3 Å². The molecule has 0 bridgehead atoms. The molecule has 7 nitrogen and oxygen atoms in total. The maximum Gasteiger partial charge on any atom is 0.408 e. The molecule has 0 saturated heterocycles. The number of carbonyl (C=O) groups is 2. The SMILES string of the molecule is CCCCCCCCCCCCCCCCNC(=O)OC(C(N)=O)C(CO)OC. The molecular weight excluding hydrogens is 372 g/mol. The van der Waals surface area contributed by atoms with Gasteiger partial charge in [0.05, 0.1) is 6.61 Å². The lowest BCUT2D eigenvalue weighted by Gasteiger charge is -2.21. The van der Waals surface area contributed by atoms with Crippen molar-refractivity contribution in [3.8, 4) is 0 Å². The van der Waals surface area contributed by atoms with Crippen molar-refractivity contribution in [2.24, 2.45) is 5.73 Å². The van der Waals surface area contributed by atoms with Crippen molar-refractivity contribution >= 4 is 12.0 Å². The standard InChI is InChI=1S/C22H44N2O5/c1-3-4-5-6-7-8-9-10-11-12-13-14-15-16-17-24-22(27)29-20(21(23)26)19(18-25)28-2/h19-20,25H,3-18H2,1-2H3,(H2,23,26)(H,24,27). The highest BCUT2D eigenvalue weighted by Crippen LogP contribution is 2.12. The molecule has 0 aromatic carbocycles. The fourth-order valence-electron chi connectivity index (χ4n) is 3.28. The molecule has 0 aliphatic carbocycles. The Morgan fingerprint density at radius 1 is 0.862 bits per heavy atom. The molecule has 0 rings (SSSR count). The van der Waals surface area contributed by atoms with Gasteiger partial charge in [-0.1, -0.05) is 90.4 Å². The number of hydrogen-bond acceptors (Lipinski definition) is 5. The molecule has 172 valence electrons. The molecule has 0 saturated carbocycles. The van der Waals surface area contributed by atoms with E-state index in [4.69, 9.17) is 20.3 Å². The second-order valence-electron chi connectivity index (χ2n) is 7.71. The third-order valence-electron chi connectivity index (χ3n) is 5.13. The van der Waals surface area contributed by atoms with Gasteiger partial charge in [-0.25, -0.2) is 4.79 Å². The van der Waals surface area contributed by atoms with E-state index in [1.54, 1.807) is 0 Å². The van der Waals surface area contributed by atoms with Crippen LogP contribution in [0.2, 0.25) is 0 Å². The van der Waals surface area contributed by atoms with Crippen molar-refractivity contribution < 1.29 is 24.2 Å². The second-order valence-corrected chi connectivity index (χ2v) is 7.71. The van der Waals surface area contributed by atoms with Crippen molar-refractivity contribution in [3.05, 3.63) is 0 Å². The Morgan fingerprint density at radius 2 is 1.31 bits per heavy atom. The summed E-state index contributed by atoms with van der Waals surface area (Å²) in [4.78, 5) is 23.1. The summed E-state index contributed by atoms with van der Waals surface area (Å²) < 4.78 is 9.86. The lowest BCUT2D eigenvalue weighted by Crippen LogP contribution is -2.46. The van der Waals surface area contributed by atoms with E-state index < -0.39 is 30.8 Å². The largest absolute Gasteiger partial charge is 0.433 e. The number of primary amides is 1. The molecule has 7 heteroatoms. The average molecular weight is 417 g/mol. The smallest absolute Gasteiger partial charge is 0.408 e. The van der Waals surface area contributed by atoms with E-state index in [1.165, 1.54) is 77.7 Å². The Balaban J connectivity index is 3.51. The summed E-state index contributed by atoms with van der Waals surface area (Å²) in [5, 5.41) is 11.7. The summed E-state index contributed by atoms with van der Waals surface area (Å²) >= 11 is 0. The molecule has 2 atom stereocenters. The van der Waals surface area contributed by atoms with Gasteiger partial charge in [0, 0.05) is 13.7 Å². The highest BCUT2D eigenvalue weighted by molar-refractivity contribution is 5.82. The molecule has 0 heterocycles. The predicted octanol–water partition coefficient (Wildman–Crippen LogP) is 4.06.